The van der Waals surface area contributed by atoms with Crippen LogP contribution < -0.4 is 5.32 Å². The summed E-state index contributed by atoms with van der Waals surface area (Å²) < 4.78 is 7.76. The number of aromatic nitrogens is 2. The highest BCUT2D eigenvalue weighted by Gasteiger charge is 2.20. The molecule has 1 fully saturated rings. The Balaban J connectivity index is 1.48. The molecule has 1 aliphatic rings. The molecule has 0 unspecified atom stereocenters. The van der Waals surface area contributed by atoms with E-state index in [0.717, 1.165) is 43.6 Å². The maximum atomic E-state index is 5.61. The van der Waals surface area contributed by atoms with Crippen LogP contribution in [0, 0.1) is 12.8 Å². The molecule has 2 aromatic heterocycles. The van der Waals surface area contributed by atoms with Gasteiger partial charge in [0.05, 0.1) is 18.0 Å². The third kappa shape index (κ3) is 3.14. The SMILES string of the molecule is Cc1nc2ccccn2c1CNCCOCC1CC1. The van der Waals surface area contributed by atoms with Crippen molar-refractivity contribution in [1.82, 2.24) is 14.7 Å². The quantitative estimate of drug-likeness (QED) is 0.774. The lowest BCUT2D eigenvalue weighted by atomic mass is 10.3. The molecule has 102 valence electrons. The van der Waals surface area contributed by atoms with Crippen molar-refractivity contribution in [2.75, 3.05) is 19.8 Å². The van der Waals surface area contributed by atoms with Gasteiger partial charge in [0, 0.05) is 25.9 Å². The van der Waals surface area contributed by atoms with Gasteiger partial charge in [0.1, 0.15) is 5.65 Å². The fourth-order valence-electron chi connectivity index (χ4n) is 2.26. The molecule has 3 rings (SSSR count). The zero-order valence-corrected chi connectivity index (χ0v) is 11.4. The van der Waals surface area contributed by atoms with Gasteiger partial charge in [-0.15, -0.1) is 0 Å². The van der Waals surface area contributed by atoms with Gasteiger partial charge in [0.2, 0.25) is 0 Å². The highest BCUT2D eigenvalue weighted by molar-refractivity contribution is 5.42. The van der Waals surface area contributed by atoms with Gasteiger partial charge in [0.15, 0.2) is 0 Å². The number of rotatable bonds is 7. The molecule has 0 amide bonds. The molecule has 4 nitrogen and oxygen atoms in total. The number of nitrogens with zero attached hydrogens (tertiary/aromatic N) is 2. The molecule has 0 aliphatic heterocycles. The summed E-state index contributed by atoms with van der Waals surface area (Å²) in [5.41, 5.74) is 3.34. The lowest BCUT2D eigenvalue weighted by Crippen LogP contribution is -2.21. The van der Waals surface area contributed by atoms with Crippen LogP contribution in [-0.2, 0) is 11.3 Å². The molecule has 0 aromatic carbocycles. The third-order valence-corrected chi connectivity index (χ3v) is 3.60. The number of hydrogen-bond acceptors (Lipinski definition) is 3. The molecule has 2 heterocycles. The third-order valence-electron chi connectivity index (χ3n) is 3.60. The molecule has 1 saturated carbocycles. The van der Waals surface area contributed by atoms with Crippen molar-refractivity contribution in [3.63, 3.8) is 0 Å². The average molecular weight is 259 g/mol. The van der Waals surface area contributed by atoms with Crippen LogP contribution in [0.15, 0.2) is 24.4 Å². The van der Waals surface area contributed by atoms with Crippen molar-refractivity contribution in [2.24, 2.45) is 5.92 Å². The van der Waals surface area contributed by atoms with Crippen LogP contribution in [0.4, 0.5) is 0 Å². The maximum Gasteiger partial charge on any atom is 0.137 e. The molecule has 0 saturated heterocycles. The summed E-state index contributed by atoms with van der Waals surface area (Å²) in [6, 6.07) is 6.09. The Kier molecular flexibility index (Phi) is 3.80. The Labute approximate surface area is 113 Å². The Morgan fingerprint density at radius 2 is 2.32 bits per heavy atom. The summed E-state index contributed by atoms with van der Waals surface area (Å²) in [6.45, 7) is 5.53. The van der Waals surface area contributed by atoms with Crippen molar-refractivity contribution in [3.8, 4) is 0 Å². The summed E-state index contributed by atoms with van der Waals surface area (Å²) in [5.74, 6) is 0.848. The lowest BCUT2D eigenvalue weighted by Gasteiger charge is -2.06. The molecule has 4 heteroatoms. The lowest BCUT2D eigenvalue weighted by molar-refractivity contribution is 0.126. The molecular formula is C15H21N3O. The van der Waals surface area contributed by atoms with Gasteiger partial charge in [-0.25, -0.2) is 4.98 Å². The van der Waals surface area contributed by atoms with Crippen molar-refractivity contribution in [1.29, 1.82) is 0 Å². The highest BCUT2D eigenvalue weighted by atomic mass is 16.5. The first-order chi connectivity index (χ1) is 9.34. The van der Waals surface area contributed by atoms with Gasteiger partial charge in [-0.05, 0) is 37.8 Å². The summed E-state index contributed by atoms with van der Waals surface area (Å²) >= 11 is 0. The van der Waals surface area contributed by atoms with Crippen molar-refractivity contribution in [2.45, 2.75) is 26.3 Å². The molecular weight excluding hydrogens is 238 g/mol. The number of ether oxygens (including phenoxy) is 1. The van der Waals surface area contributed by atoms with Crippen LogP contribution in [0.1, 0.15) is 24.2 Å². The van der Waals surface area contributed by atoms with Crippen molar-refractivity contribution >= 4 is 5.65 Å². The minimum absolute atomic E-state index is 0.798. The fourth-order valence-corrected chi connectivity index (χ4v) is 2.26. The van der Waals surface area contributed by atoms with Crippen LogP contribution in [0.2, 0.25) is 0 Å². The van der Waals surface area contributed by atoms with Gasteiger partial charge in [0.25, 0.3) is 0 Å². The Hall–Kier alpha value is -1.39. The fraction of sp³-hybridized carbons (Fsp3) is 0.533. The highest BCUT2D eigenvalue weighted by Crippen LogP contribution is 2.28. The number of aryl methyl sites for hydroxylation is 1. The van der Waals surface area contributed by atoms with Gasteiger partial charge >= 0.3 is 0 Å². The zero-order chi connectivity index (χ0) is 13.1. The second-order valence-electron chi connectivity index (χ2n) is 5.27. The predicted octanol–water partition coefficient (Wildman–Crippen LogP) is 2.16. The minimum Gasteiger partial charge on any atom is -0.380 e. The van der Waals surface area contributed by atoms with E-state index in [-0.39, 0.29) is 0 Å². The van der Waals surface area contributed by atoms with Crippen LogP contribution >= 0.6 is 0 Å². The van der Waals surface area contributed by atoms with E-state index in [4.69, 9.17) is 4.74 Å². The number of imidazole rings is 1. The smallest absolute Gasteiger partial charge is 0.137 e. The molecule has 0 bridgehead atoms. The second-order valence-corrected chi connectivity index (χ2v) is 5.27. The minimum atomic E-state index is 0.798. The van der Waals surface area contributed by atoms with E-state index >= 15 is 0 Å². The van der Waals surface area contributed by atoms with E-state index < -0.39 is 0 Å². The molecule has 0 spiro atoms. The molecule has 1 N–H and O–H groups in total. The van der Waals surface area contributed by atoms with E-state index in [1.807, 2.05) is 18.2 Å². The topological polar surface area (TPSA) is 38.6 Å². The Bertz CT molecular complexity index is 545. The predicted molar refractivity (Wildman–Crippen MR) is 75.2 cm³/mol. The first-order valence-corrected chi connectivity index (χ1v) is 7.05. The second kappa shape index (κ2) is 5.72. The average Bonchev–Trinajstić information content (AvgIpc) is 3.18. The number of fused-ring (bicyclic) bond motifs is 1. The Morgan fingerprint density at radius 1 is 1.42 bits per heavy atom. The van der Waals surface area contributed by atoms with Crippen LogP contribution in [0.3, 0.4) is 0 Å². The van der Waals surface area contributed by atoms with E-state index in [2.05, 4.69) is 27.8 Å². The summed E-state index contributed by atoms with van der Waals surface area (Å²) in [6.07, 6.45) is 4.78. The monoisotopic (exact) mass is 259 g/mol. The standard InChI is InChI=1S/C15H21N3O/c1-12-14(18-8-3-2-4-15(18)17-12)10-16-7-9-19-11-13-5-6-13/h2-4,8,13,16H,5-7,9-11H2,1H3. The Morgan fingerprint density at radius 3 is 3.16 bits per heavy atom. The number of pyridine rings is 1. The zero-order valence-electron chi connectivity index (χ0n) is 11.4. The largest absolute Gasteiger partial charge is 0.380 e. The molecule has 2 aromatic rings. The van der Waals surface area contributed by atoms with E-state index in [1.54, 1.807) is 0 Å². The van der Waals surface area contributed by atoms with E-state index in [0.29, 0.717) is 0 Å². The summed E-state index contributed by atoms with van der Waals surface area (Å²) in [5, 5.41) is 3.43. The van der Waals surface area contributed by atoms with Gasteiger partial charge in [-0.2, -0.15) is 0 Å². The summed E-state index contributed by atoms with van der Waals surface area (Å²) in [7, 11) is 0. The van der Waals surface area contributed by atoms with E-state index in [9.17, 15) is 0 Å². The van der Waals surface area contributed by atoms with Crippen LogP contribution in [-0.4, -0.2) is 29.1 Å². The first-order valence-electron chi connectivity index (χ1n) is 7.05. The van der Waals surface area contributed by atoms with Crippen molar-refractivity contribution in [3.05, 3.63) is 35.8 Å². The summed E-state index contributed by atoms with van der Waals surface area (Å²) in [4.78, 5) is 4.55. The normalized spacial score (nSPS) is 15.2. The number of hydrogen-bond donors (Lipinski definition) is 1. The first kappa shape index (κ1) is 12.6. The molecule has 0 radical (unpaired) electrons. The van der Waals surface area contributed by atoms with Gasteiger partial charge in [-0.3, -0.25) is 0 Å². The molecule has 0 atom stereocenters. The van der Waals surface area contributed by atoms with Gasteiger partial charge < -0.3 is 14.5 Å². The maximum absolute atomic E-state index is 5.61. The van der Waals surface area contributed by atoms with Gasteiger partial charge in [-0.1, -0.05) is 6.07 Å². The van der Waals surface area contributed by atoms with Crippen molar-refractivity contribution < 1.29 is 4.74 Å². The molecule has 19 heavy (non-hydrogen) atoms. The molecule has 1 aliphatic carbocycles. The number of nitrogens with one attached hydrogen (secondary N) is 1. The van der Waals surface area contributed by atoms with Crippen LogP contribution in [0.25, 0.3) is 5.65 Å². The van der Waals surface area contributed by atoms with E-state index in [1.165, 1.54) is 18.5 Å². The van der Waals surface area contributed by atoms with Crippen LogP contribution in [0.5, 0.6) is 0 Å².